The maximum atomic E-state index is 10.7. The molecule has 540 valence electrons. The number of hydrogen-bond donors (Lipinski definition) is 6. The Morgan fingerprint density at radius 1 is 0.230 bits per heavy atom. The molecule has 6 N–H and O–H groups in total. The van der Waals surface area contributed by atoms with Gasteiger partial charge in [-0.15, -0.1) is 0 Å². The molecule has 0 radical (unpaired) electrons. The number of nitrogens with zero attached hydrogens (tertiary/aromatic N) is 6. The molecular weight excluding hydrogens is 1420 g/mol. The summed E-state index contributed by atoms with van der Waals surface area (Å²) in [5.41, 5.74) is 9.28. The van der Waals surface area contributed by atoms with Crippen LogP contribution < -0.4 is 0 Å². The first-order chi connectivity index (χ1) is 44.9. The minimum atomic E-state index is -0.130. The summed E-state index contributed by atoms with van der Waals surface area (Å²) in [6.07, 6.45) is 23.5. The predicted molar refractivity (Wildman–Crippen MR) is 405 cm³/mol. The normalized spacial score (nSPS) is 19.5. The average molecular weight is 1540 g/mol. The van der Waals surface area contributed by atoms with Crippen molar-refractivity contribution in [3.05, 3.63) is 176 Å². The van der Waals surface area contributed by atoms with Crippen molar-refractivity contribution in [2.45, 2.75) is 270 Å². The molecule has 6 aromatic carbocycles. The summed E-state index contributed by atoms with van der Waals surface area (Å²) in [7, 11) is 0. The quantitative estimate of drug-likeness (QED) is 0.0660. The summed E-state index contributed by atoms with van der Waals surface area (Å²) in [6.45, 7) is 37.7. The molecule has 6 aromatic rings. The van der Waals surface area contributed by atoms with E-state index in [9.17, 15) is 30.6 Å². The van der Waals surface area contributed by atoms with Crippen molar-refractivity contribution in [1.29, 1.82) is 0 Å². The Bertz CT molecular complexity index is 3150. The fourth-order valence-electron chi connectivity index (χ4n) is 13.0. The van der Waals surface area contributed by atoms with Crippen LogP contribution in [0.1, 0.15) is 268 Å². The molecule has 3 saturated carbocycles. The molecule has 3 aliphatic carbocycles. The number of phenols is 6. The third-order valence-electron chi connectivity index (χ3n) is 18.8. The molecule has 0 bridgehead atoms. The zero-order valence-corrected chi connectivity index (χ0v) is 66.7. The van der Waals surface area contributed by atoms with Crippen molar-refractivity contribution >= 4 is 37.3 Å². The van der Waals surface area contributed by atoms with Crippen molar-refractivity contribution in [3.8, 4) is 34.5 Å². The Hall–Kier alpha value is -5.83. The van der Waals surface area contributed by atoms with Gasteiger partial charge < -0.3 is 30.6 Å². The van der Waals surface area contributed by atoms with Gasteiger partial charge in [-0.1, -0.05) is 236 Å². The largest absolute Gasteiger partial charge is 3.00 e. The number of aromatic hydroxyl groups is 6. The van der Waals surface area contributed by atoms with Crippen LogP contribution in [0.4, 0.5) is 0 Å². The summed E-state index contributed by atoms with van der Waals surface area (Å²) < 4.78 is 0. The molecule has 16 heteroatoms. The van der Waals surface area contributed by atoms with Crippen LogP contribution in [0.2, 0.25) is 0 Å². The molecule has 9 rings (SSSR count). The molecule has 0 aromatic heterocycles. The topological polar surface area (TPSA) is 196 Å². The first kappa shape index (κ1) is 88.4. The van der Waals surface area contributed by atoms with E-state index in [1.54, 1.807) is 37.3 Å². The van der Waals surface area contributed by atoms with E-state index >= 15 is 0 Å². The number of aliphatic imine (C=N–C) groups is 6. The second-order valence-electron chi connectivity index (χ2n) is 32.9. The molecule has 12 nitrogen and oxygen atoms in total. The Labute approximate surface area is 641 Å². The monoisotopic (exact) mass is 1540 g/mol. The maximum absolute atomic E-state index is 10.7. The number of rotatable bonds is 12. The van der Waals surface area contributed by atoms with Gasteiger partial charge >= 0.3 is 67.1 Å². The van der Waals surface area contributed by atoms with Crippen LogP contribution in [0.3, 0.4) is 0 Å². The van der Waals surface area contributed by atoms with E-state index in [4.69, 9.17) is 30.0 Å². The molecule has 6 unspecified atom stereocenters. The van der Waals surface area contributed by atoms with Crippen molar-refractivity contribution in [2.75, 3.05) is 0 Å². The van der Waals surface area contributed by atoms with Gasteiger partial charge in [-0.3, -0.25) is 30.0 Å². The molecule has 100 heavy (non-hydrogen) atoms. The van der Waals surface area contributed by atoms with E-state index in [1.807, 2.05) is 109 Å². The zero-order chi connectivity index (χ0) is 70.6. The second kappa shape index (κ2) is 38.1. The van der Waals surface area contributed by atoms with Crippen molar-refractivity contribution in [1.82, 2.24) is 0 Å². The summed E-state index contributed by atoms with van der Waals surface area (Å²) in [5, 5.41) is 64.5. The summed E-state index contributed by atoms with van der Waals surface area (Å²) in [4.78, 5) is 29.1. The van der Waals surface area contributed by atoms with Crippen molar-refractivity contribution in [2.24, 2.45) is 30.0 Å². The Kier molecular flexibility index (Phi) is 33.7. The van der Waals surface area contributed by atoms with Crippen LogP contribution in [0, 0.1) is 0 Å². The molecule has 0 aliphatic heterocycles. The van der Waals surface area contributed by atoms with Gasteiger partial charge in [-0.05, 0) is 141 Å². The van der Waals surface area contributed by atoms with Crippen LogP contribution in [0.5, 0.6) is 34.5 Å². The zero-order valence-electron chi connectivity index (χ0n) is 62.5. The number of hydrogen-bond acceptors (Lipinski definition) is 12. The minimum Gasteiger partial charge on any atom is -0.507 e. The van der Waals surface area contributed by atoms with Crippen molar-refractivity contribution < 1.29 is 97.8 Å². The van der Waals surface area contributed by atoms with E-state index < -0.39 is 0 Å². The summed E-state index contributed by atoms with van der Waals surface area (Å²) in [5.74, 6) is 1.85. The van der Waals surface area contributed by atoms with Gasteiger partial charge in [0.1, 0.15) is 34.5 Å². The predicted octanol–water partition coefficient (Wildman–Crippen LogP) is 19.6. The third kappa shape index (κ3) is 24.4. The number of phenolic OH excluding ortho intramolecular Hbond substituents is 6. The van der Waals surface area contributed by atoms with E-state index in [2.05, 4.69) is 125 Å². The van der Waals surface area contributed by atoms with Gasteiger partial charge in [0.2, 0.25) is 0 Å². The van der Waals surface area contributed by atoms with Gasteiger partial charge in [0.05, 0.1) is 36.3 Å². The Morgan fingerprint density at radius 2 is 0.350 bits per heavy atom. The van der Waals surface area contributed by atoms with Gasteiger partial charge in [0, 0.05) is 70.7 Å². The van der Waals surface area contributed by atoms with Crippen LogP contribution in [0.15, 0.2) is 139 Å². The molecule has 3 fully saturated rings. The van der Waals surface area contributed by atoms with E-state index in [-0.39, 0.29) is 136 Å². The Morgan fingerprint density at radius 3 is 0.460 bits per heavy atom. The Balaban J connectivity index is 0.000000382. The second-order valence-corrected chi connectivity index (χ2v) is 32.9. The minimum absolute atomic E-state index is 0. The van der Waals surface area contributed by atoms with Gasteiger partial charge in [0.25, 0.3) is 0 Å². The molecule has 6 atom stereocenters. The molecule has 0 spiro atoms. The van der Waals surface area contributed by atoms with Crippen LogP contribution >= 0.6 is 0 Å². The van der Waals surface area contributed by atoms with E-state index in [0.717, 1.165) is 144 Å². The van der Waals surface area contributed by atoms with Crippen LogP contribution in [-0.4, -0.2) is 104 Å². The van der Waals surface area contributed by atoms with Crippen LogP contribution in [0.25, 0.3) is 0 Å². The smallest absolute Gasteiger partial charge is 0.507 e. The summed E-state index contributed by atoms with van der Waals surface area (Å²) in [6, 6.07) is 35.6. The average Bonchev–Trinajstić information content (AvgIpc) is 0.830. The van der Waals surface area contributed by atoms with E-state index in [0.29, 0.717) is 34.5 Å². The molecular formula is C84H114Co4N6O6+12. The molecule has 0 heterocycles. The number of para-hydroxylation sites is 6. The first-order valence-corrected chi connectivity index (χ1v) is 35.1. The maximum Gasteiger partial charge on any atom is 3.00 e. The standard InChI is InChI=1S/3C28H38N2O2.4Co/c3*1-27(2,3)21-13-9-11-19(25(21)31)17-29-23-15-7-8-16-24(23)30-18-20-12-10-14-22(26(20)32)28(4,5)6;;;;/h3*9-14,17-18,23-24,31-32H,7-8,15-16H2,1-6H3;;;;/q;;;4*+3. The van der Waals surface area contributed by atoms with Gasteiger partial charge in [-0.25, -0.2) is 0 Å². The summed E-state index contributed by atoms with van der Waals surface area (Å²) >= 11 is 0. The molecule has 3 aliphatic rings. The fraction of sp³-hybridized carbons (Fsp3) is 0.500. The molecule has 0 saturated heterocycles. The fourth-order valence-corrected chi connectivity index (χ4v) is 13.0. The van der Waals surface area contributed by atoms with Crippen molar-refractivity contribution in [3.63, 3.8) is 0 Å². The number of benzene rings is 6. The van der Waals surface area contributed by atoms with Gasteiger partial charge in [0.15, 0.2) is 0 Å². The first-order valence-electron chi connectivity index (χ1n) is 35.1. The van der Waals surface area contributed by atoms with E-state index in [1.165, 1.54) is 0 Å². The SMILES string of the molecule is CC(C)(C)c1cccc(C=NC2CCCCC2N=Cc2cccc(C(C)(C)C)c2O)c1O.CC(C)(C)c1cccc(C=NC2CCCCC2N=Cc2cccc(C(C)(C)C)c2O)c1O.CC(C)(C)c1cccc(C=NC2CCCCC2N=Cc2cccc(C(C)(C)C)c2O)c1O.[Co+3].[Co+3].[Co+3].[Co+3]. The van der Waals surface area contributed by atoms with Gasteiger partial charge in [-0.2, -0.15) is 0 Å². The van der Waals surface area contributed by atoms with Crippen LogP contribution in [-0.2, 0) is 99.6 Å². The third-order valence-corrected chi connectivity index (χ3v) is 18.8. The molecule has 0 amide bonds.